The fourth-order valence-electron chi connectivity index (χ4n) is 1.07. The van der Waals surface area contributed by atoms with Crippen molar-refractivity contribution >= 4 is 0 Å². The Balaban J connectivity index is 2.82. The van der Waals surface area contributed by atoms with Crippen LogP contribution in [0.3, 0.4) is 0 Å². The van der Waals surface area contributed by atoms with E-state index in [4.69, 9.17) is 0 Å². The zero-order valence-corrected chi connectivity index (χ0v) is 8.77. The van der Waals surface area contributed by atoms with E-state index in [1.807, 2.05) is 13.8 Å². The number of aliphatic hydroxyl groups excluding tert-OH is 1. The molecule has 1 heterocycles. The molecule has 0 saturated carbocycles. The molecule has 0 aliphatic carbocycles. The minimum atomic E-state index is -0.503. The maximum atomic E-state index is 11.4. The van der Waals surface area contributed by atoms with E-state index in [-0.39, 0.29) is 11.5 Å². The average Bonchev–Trinajstić information content (AvgIpc) is 2.09. The number of nitrogens with zero attached hydrogens (tertiary/aromatic N) is 2. The number of hydrogen-bond donors (Lipinski definition) is 1. The number of rotatable bonds is 3. The van der Waals surface area contributed by atoms with Crippen LogP contribution in [0.25, 0.3) is 0 Å². The van der Waals surface area contributed by atoms with Gasteiger partial charge in [-0.3, -0.25) is 9.36 Å². The maximum absolute atomic E-state index is 11.4. The molecule has 0 radical (unpaired) electrons. The van der Waals surface area contributed by atoms with Crippen molar-refractivity contribution < 1.29 is 5.11 Å². The number of aromatic nitrogens is 2. The predicted octanol–water partition coefficient (Wildman–Crippen LogP) is 0.569. The highest BCUT2D eigenvalue weighted by Crippen LogP contribution is 2.02. The van der Waals surface area contributed by atoms with Gasteiger partial charge in [-0.15, -0.1) is 0 Å². The van der Waals surface area contributed by atoms with Gasteiger partial charge in [0.2, 0.25) is 0 Å². The summed E-state index contributed by atoms with van der Waals surface area (Å²) in [6, 6.07) is 1.47. The van der Waals surface area contributed by atoms with Gasteiger partial charge in [-0.05, 0) is 12.8 Å². The summed E-state index contributed by atoms with van der Waals surface area (Å²) in [5, 5.41) is 9.59. The van der Waals surface area contributed by atoms with E-state index >= 15 is 0 Å². The molecule has 14 heavy (non-hydrogen) atoms. The molecule has 1 aromatic rings. The van der Waals surface area contributed by atoms with Crippen LogP contribution in [0.5, 0.6) is 0 Å². The molecule has 4 nitrogen and oxygen atoms in total. The monoisotopic (exact) mass is 196 g/mol. The molecule has 0 aromatic carbocycles. The lowest BCUT2D eigenvalue weighted by Gasteiger charge is -2.15. The molecule has 4 heteroatoms. The third kappa shape index (κ3) is 2.67. The van der Waals surface area contributed by atoms with Gasteiger partial charge in [0.1, 0.15) is 0 Å². The van der Waals surface area contributed by atoms with Crippen LogP contribution >= 0.6 is 0 Å². The molecule has 78 valence electrons. The summed E-state index contributed by atoms with van der Waals surface area (Å²) in [5.41, 5.74) is 0.586. The average molecular weight is 196 g/mol. The molecular formula is C10H16N2O2. The van der Waals surface area contributed by atoms with E-state index in [1.165, 1.54) is 17.0 Å². The first kappa shape index (κ1) is 10.9. The van der Waals surface area contributed by atoms with Crippen molar-refractivity contribution in [2.24, 2.45) is 5.92 Å². The van der Waals surface area contributed by atoms with Crippen LogP contribution in [0.4, 0.5) is 0 Å². The largest absolute Gasteiger partial charge is 0.391 e. The quantitative estimate of drug-likeness (QED) is 0.769. The predicted molar refractivity (Wildman–Crippen MR) is 54.1 cm³/mol. The first-order valence-corrected chi connectivity index (χ1v) is 4.72. The van der Waals surface area contributed by atoms with Crippen LogP contribution in [-0.4, -0.2) is 20.8 Å². The second kappa shape index (κ2) is 4.37. The molecule has 0 aliphatic heterocycles. The van der Waals surface area contributed by atoms with Gasteiger partial charge < -0.3 is 5.11 Å². The van der Waals surface area contributed by atoms with Crippen LogP contribution in [-0.2, 0) is 6.54 Å². The summed E-state index contributed by atoms with van der Waals surface area (Å²) < 4.78 is 1.43. The van der Waals surface area contributed by atoms with E-state index in [0.29, 0.717) is 12.2 Å². The lowest BCUT2D eigenvalue weighted by Crippen LogP contribution is -2.29. The molecule has 1 N–H and O–H groups in total. The van der Waals surface area contributed by atoms with E-state index < -0.39 is 6.10 Å². The first-order chi connectivity index (χ1) is 6.50. The second-order valence-corrected chi connectivity index (χ2v) is 3.83. The van der Waals surface area contributed by atoms with Gasteiger partial charge in [-0.25, -0.2) is 4.98 Å². The molecule has 1 unspecified atom stereocenters. The Labute approximate surface area is 83.2 Å². The SMILES string of the molecule is Cc1cc(=O)n(CC(O)C(C)C)cn1. The number of aryl methyl sites for hydroxylation is 1. The van der Waals surface area contributed by atoms with Crippen LogP contribution < -0.4 is 5.56 Å². The molecule has 0 amide bonds. The van der Waals surface area contributed by atoms with Gasteiger partial charge in [0.05, 0.1) is 19.0 Å². The van der Waals surface area contributed by atoms with Crippen molar-refractivity contribution in [1.82, 2.24) is 9.55 Å². The van der Waals surface area contributed by atoms with Gasteiger partial charge in [0.15, 0.2) is 0 Å². The van der Waals surface area contributed by atoms with Crippen LogP contribution in [0, 0.1) is 12.8 Å². The van der Waals surface area contributed by atoms with Crippen molar-refractivity contribution in [3.63, 3.8) is 0 Å². The Morgan fingerprint density at radius 1 is 1.57 bits per heavy atom. The minimum Gasteiger partial charge on any atom is -0.391 e. The van der Waals surface area contributed by atoms with Crippen molar-refractivity contribution in [1.29, 1.82) is 0 Å². The lowest BCUT2D eigenvalue weighted by molar-refractivity contribution is 0.105. The van der Waals surface area contributed by atoms with E-state index in [0.717, 1.165) is 0 Å². The zero-order chi connectivity index (χ0) is 10.7. The molecule has 0 saturated heterocycles. The Kier molecular flexibility index (Phi) is 3.41. The van der Waals surface area contributed by atoms with Gasteiger partial charge in [0.25, 0.3) is 5.56 Å². The fourth-order valence-corrected chi connectivity index (χ4v) is 1.07. The Hall–Kier alpha value is -1.16. The van der Waals surface area contributed by atoms with Crippen LogP contribution in [0.1, 0.15) is 19.5 Å². The maximum Gasteiger partial charge on any atom is 0.253 e. The molecule has 1 rings (SSSR count). The van der Waals surface area contributed by atoms with Crippen LogP contribution in [0.15, 0.2) is 17.2 Å². The molecule has 0 fully saturated rings. The first-order valence-electron chi connectivity index (χ1n) is 4.72. The molecular weight excluding hydrogens is 180 g/mol. The van der Waals surface area contributed by atoms with E-state index in [1.54, 1.807) is 6.92 Å². The van der Waals surface area contributed by atoms with Gasteiger partial charge in [0, 0.05) is 11.8 Å². The minimum absolute atomic E-state index is 0.114. The molecule has 0 spiro atoms. The van der Waals surface area contributed by atoms with Crippen LogP contribution in [0.2, 0.25) is 0 Å². The van der Waals surface area contributed by atoms with Crippen molar-refractivity contribution in [3.8, 4) is 0 Å². The molecule has 1 aromatic heterocycles. The Morgan fingerprint density at radius 3 is 2.71 bits per heavy atom. The standard InChI is InChI=1S/C10H16N2O2/c1-7(2)9(13)5-12-6-11-8(3)4-10(12)14/h4,6-7,9,13H,5H2,1-3H3. The molecule has 1 atom stereocenters. The summed E-state index contributed by atoms with van der Waals surface area (Å²) in [4.78, 5) is 15.4. The van der Waals surface area contributed by atoms with Crippen molar-refractivity contribution in [3.05, 3.63) is 28.4 Å². The van der Waals surface area contributed by atoms with Crippen molar-refractivity contribution in [2.75, 3.05) is 0 Å². The second-order valence-electron chi connectivity index (χ2n) is 3.83. The smallest absolute Gasteiger partial charge is 0.253 e. The zero-order valence-electron chi connectivity index (χ0n) is 8.77. The number of aliphatic hydroxyl groups is 1. The topological polar surface area (TPSA) is 55.1 Å². The summed E-state index contributed by atoms with van der Waals surface area (Å²) in [5.74, 6) is 0.142. The lowest BCUT2D eigenvalue weighted by atomic mass is 10.1. The summed E-state index contributed by atoms with van der Waals surface area (Å²) in [6.45, 7) is 5.91. The third-order valence-corrected chi connectivity index (χ3v) is 2.17. The van der Waals surface area contributed by atoms with E-state index in [2.05, 4.69) is 4.98 Å². The van der Waals surface area contributed by atoms with Crippen molar-refractivity contribution in [2.45, 2.75) is 33.4 Å². The van der Waals surface area contributed by atoms with Gasteiger partial charge in [-0.1, -0.05) is 13.8 Å². The van der Waals surface area contributed by atoms with E-state index in [9.17, 15) is 9.90 Å². The Bertz CT molecular complexity index is 357. The fraction of sp³-hybridized carbons (Fsp3) is 0.600. The highest BCUT2D eigenvalue weighted by Gasteiger charge is 2.10. The molecule has 0 aliphatic rings. The highest BCUT2D eigenvalue weighted by atomic mass is 16.3. The summed E-state index contributed by atoms with van der Waals surface area (Å²) in [7, 11) is 0. The number of hydrogen-bond acceptors (Lipinski definition) is 3. The third-order valence-electron chi connectivity index (χ3n) is 2.17. The van der Waals surface area contributed by atoms with Gasteiger partial charge >= 0.3 is 0 Å². The summed E-state index contributed by atoms with van der Waals surface area (Å²) in [6.07, 6.45) is 0.973. The van der Waals surface area contributed by atoms with Gasteiger partial charge in [-0.2, -0.15) is 0 Å². The molecule has 0 bridgehead atoms. The highest BCUT2D eigenvalue weighted by molar-refractivity contribution is 4.96. The Morgan fingerprint density at radius 2 is 2.21 bits per heavy atom. The normalized spacial score (nSPS) is 13.2. The summed E-state index contributed by atoms with van der Waals surface area (Å²) >= 11 is 0.